The minimum atomic E-state index is -0.229. The van der Waals surface area contributed by atoms with Crippen LogP contribution in [0.2, 0.25) is 0 Å². The molecule has 2 aromatic rings. The molecule has 0 aliphatic carbocycles. The molecule has 0 atom stereocenters. The van der Waals surface area contributed by atoms with Crippen molar-refractivity contribution < 1.29 is 19.1 Å². The van der Waals surface area contributed by atoms with Gasteiger partial charge in [-0.15, -0.1) is 0 Å². The molecule has 6 nitrogen and oxygen atoms in total. The highest BCUT2D eigenvalue weighted by Crippen LogP contribution is 2.17. The second kappa shape index (κ2) is 9.58. The summed E-state index contributed by atoms with van der Waals surface area (Å²) in [6, 6.07) is 12.9. The fraction of sp³-hybridized carbons (Fsp3) is 0.300. The molecule has 138 valence electrons. The number of amides is 2. The lowest BCUT2D eigenvalue weighted by molar-refractivity contribution is -0.119. The summed E-state index contributed by atoms with van der Waals surface area (Å²) >= 11 is 0. The summed E-state index contributed by atoms with van der Waals surface area (Å²) in [7, 11) is 1.46. The molecule has 0 bridgehead atoms. The summed E-state index contributed by atoms with van der Waals surface area (Å²) in [6.07, 6.45) is 0.249. The highest BCUT2D eigenvalue weighted by atomic mass is 16.5. The topological polar surface area (TPSA) is 76.7 Å². The van der Waals surface area contributed by atoms with Gasteiger partial charge in [0.15, 0.2) is 0 Å². The molecule has 0 fully saturated rings. The zero-order chi connectivity index (χ0) is 18.9. The van der Waals surface area contributed by atoms with Gasteiger partial charge < -0.3 is 20.1 Å². The molecule has 0 saturated heterocycles. The molecule has 26 heavy (non-hydrogen) atoms. The van der Waals surface area contributed by atoms with Crippen LogP contribution in [0.1, 0.15) is 17.5 Å². The molecule has 0 aliphatic heterocycles. The van der Waals surface area contributed by atoms with Crippen molar-refractivity contribution in [2.45, 2.75) is 20.3 Å². The van der Waals surface area contributed by atoms with E-state index in [-0.39, 0.29) is 24.8 Å². The summed E-state index contributed by atoms with van der Waals surface area (Å²) in [5.41, 5.74) is 3.55. The molecule has 0 heterocycles. The van der Waals surface area contributed by atoms with Gasteiger partial charge in [0.1, 0.15) is 12.4 Å². The van der Waals surface area contributed by atoms with Crippen LogP contribution in [-0.2, 0) is 14.3 Å². The Morgan fingerprint density at radius 3 is 1.96 bits per heavy atom. The molecule has 2 aromatic carbocycles. The van der Waals surface area contributed by atoms with Crippen molar-refractivity contribution >= 4 is 23.2 Å². The minimum absolute atomic E-state index is 0.00104. The van der Waals surface area contributed by atoms with Gasteiger partial charge in [0.2, 0.25) is 11.8 Å². The SMILES string of the molecule is COCC(=O)Nc1ccc(NC(=O)CCOc2cc(C)cc(C)c2)cc1. The van der Waals surface area contributed by atoms with Gasteiger partial charge in [0.05, 0.1) is 13.0 Å². The van der Waals surface area contributed by atoms with Crippen molar-refractivity contribution in [3.8, 4) is 5.75 Å². The molecule has 0 aliphatic rings. The Morgan fingerprint density at radius 2 is 1.42 bits per heavy atom. The maximum atomic E-state index is 12.0. The Labute approximate surface area is 153 Å². The van der Waals surface area contributed by atoms with E-state index in [4.69, 9.17) is 9.47 Å². The number of benzene rings is 2. The van der Waals surface area contributed by atoms with Crippen LogP contribution in [0.4, 0.5) is 11.4 Å². The first-order valence-electron chi connectivity index (χ1n) is 8.36. The monoisotopic (exact) mass is 356 g/mol. The Morgan fingerprint density at radius 1 is 0.885 bits per heavy atom. The second-order valence-electron chi connectivity index (χ2n) is 6.03. The molecule has 2 amide bonds. The quantitative estimate of drug-likeness (QED) is 0.761. The van der Waals surface area contributed by atoms with E-state index >= 15 is 0 Å². The maximum Gasteiger partial charge on any atom is 0.250 e. The molecule has 0 spiro atoms. The van der Waals surface area contributed by atoms with E-state index in [0.717, 1.165) is 16.9 Å². The largest absolute Gasteiger partial charge is 0.493 e. The number of rotatable bonds is 8. The van der Waals surface area contributed by atoms with Gasteiger partial charge in [-0.2, -0.15) is 0 Å². The van der Waals surface area contributed by atoms with Crippen LogP contribution in [0.25, 0.3) is 0 Å². The highest BCUT2D eigenvalue weighted by Gasteiger charge is 2.05. The summed E-state index contributed by atoms with van der Waals surface area (Å²) in [6.45, 7) is 4.32. The van der Waals surface area contributed by atoms with Crippen LogP contribution >= 0.6 is 0 Å². The number of ether oxygens (including phenoxy) is 2. The molecule has 0 unspecified atom stereocenters. The van der Waals surface area contributed by atoms with Crippen molar-refractivity contribution in [3.63, 3.8) is 0 Å². The first kappa shape index (κ1) is 19.5. The van der Waals surface area contributed by atoms with Crippen LogP contribution in [0, 0.1) is 13.8 Å². The number of methoxy groups -OCH3 is 1. The Bertz CT molecular complexity index is 737. The summed E-state index contributed by atoms with van der Waals surface area (Å²) < 4.78 is 10.4. The zero-order valence-electron chi connectivity index (χ0n) is 15.3. The fourth-order valence-corrected chi connectivity index (χ4v) is 2.47. The van der Waals surface area contributed by atoms with Gasteiger partial charge in [-0.25, -0.2) is 0 Å². The van der Waals surface area contributed by atoms with Crippen LogP contribution in [0.5, 0.6) is 5.75 Å². The summed E-state index contributed by atoms with van der Waals surface area (Å²) in [5.74, 6) is 0.407. The molecule has 6 heteroatoms. The lowest BCUT2D eigenvalue weighted by Gasteiger charge is -2.09. The van der Waals surface area contributed by atoms with E-state index < -0.39 is 0 Å². The van der Waals surface area contributed by atoms with Crippen molar-refractivity contribution in [1.82, 2.24) is 0 Å². The number of hydrogen-bond acceptors (Lipinski definition) is 4. The number of carbonyl (C=O) groups is 2. The third kappa shape index (κ3) is 6.57. The van der Waals surface area contributed by atoms with Crippen molar-refractivity contribution in [1.29, 1.82) is 0 Å². The predicted molar refractivity (Wildman–Crippen MR) is 102 cm³/mol. The Hall–Kier alpha value is -2.86. The molecule has 0 aromatic heterocycles. The molecule has 0 radical (unpaired) electrons. The standard InChI is InChI=1S/C20H24N2O4/c1-14-10-15(2)12-18(11-14)26-9-8-19(23)21-16-4-6-17(7-5-16)22-20(24)13-25-3/h4-7,10-12H,8-9,13H2,1-3H3,(H,21,23)(H,22,24). The first-order valence-corrected chi connectivity index (χ1v) is 8.36. The normalized spacial score (nSPS) is 10.3. The second-order valence-corrected chi connectivity index (χ2v) is 6.03. The number of carbonyl (C=O) groups excluding carboxylic acids is 2. The predicted octanol–water partition coefficient (Wildman–Crippen LogP) is 3.30. The summed E-state index contributed by atoms with van der Waals surface area (Å²) in [4.78, 5) is 23.4. The van der Waals surface area contributed by atoms with E-state index in [1.807, 2.05) is 26.0 Å². The van der Waals surface area contributed by atoms with E-state index in [1.54, 1.807) is 24.3 Å². The molecule has 2 rings (SSSR count). The zero-order valence-corrected chi connectivity index (χ0v) is 15.3. The van der Waals surface area contributed by atoms with Crippen LogP contribution in [-0.4, -0.2) is 32.1 Å². The number of hydrogen-bond donors (Lipinski definition) is 2. The van der Waals surface area contributed by atoms with E-state index in [0.29, 0.717) is 18.0 Å². The molecular formula is C20H24N2O4. The Balaban J connectivity index is 1.77. The fourth-order valence-electron chi connectivity index (χ4n) is 2.47. The van der Waals surface area contributed by atoms with Crippen LogP contribution < -0.4 is 15.4 Å². The first-order chi connectivity index (χ1) is 12.5. The van der Waals surface area contributed by atoms with Gasteiger partial charge in [-0.1, -0.05) is 6.07 Å². The van der Waals surface area contributed by atoms with E-state index in [2.05, 4.69) is 16.7 Å². The average Bonchev–Trinajstić information content (AvgIpc) is 2.56. The molecular weight excluding hydrogens is 332 g/mol. The minimum Gasteiger partial charge on any atom is -0.493 e. The smallest absolute Gasteiger partial charge is 0.250 e. The van der Waals surface area contributed by atoms with Crippen molar-refractivity contribution in [2.24, 2.45) is 0 Å². The van der Waals surface area contributed by atoms with Crippen LogP contribution in [0.15, 0.2) is 42.5 Å². The average molecular weight is 356 g/mol. The number of aryl methyl sites for hydroxylation is 2. The third-order valence-electron chi connectivity index (χ3n) is 3.52. The van der Waals surface area contributed by atoms with Gasteiger partial charge in [-0.05, 0) is 61.4 Å². The van der Waals surface area contributed by atoms with Crippen molar-refractivity contribution in [3.05, 3.63) is 53.6 Å². The lowest BCUT2D eigenvalue weighted by atomic mass is 10.1. The van der Waals surface area contributed by atoms with Gasteiger partial charge in [0, 0.05) is 18.5 Å². The lowest BCUT2D eigenvalue weighted by Crippen LogP contribution is -2.17. The van der Waals surface area contributed by atoms with Gasteiger partial charge in [-0.3, -0.25) is 9.59 Å². The van der Waals surface area contributed by atoms with E-state index in [1.165, 1.54) is 7.11 Å². The highest BCUT2D eigenvalue weighted by molar-refractivity contribution is 5.93. The van der Waals surface area contributed by atoms with Crippen molar-refractivity contribution in [2.75, 3.05) is 31.0 Å². The molecule has 2 N–H and O–H groups in total. The van der Waals surface area contributed by atoms with Gasteiger partial charge >= 0.3 is 0 Å². The maximum absolute atomic E-state index is 12.0. The number of anilines is 2. The van der Waals surface area contributed by atoms with Gasteiger partial charge in [0.25, 0.3) is 0 Å². The van der Waals surface area contributed by atoms with Crippen LogP contribution in [0.3, 0.4) is 0 Å². The third-order valence-corrected chi connectivity index (χ3v) is 3.52. The van der Waals surface area contributed by atoms with E-state index in [9.17, 15) is 9.59 Å². The Kier molecular flexibility index (Phi) is 7.17. The summed E-state index contributed by atoms with van der Waals surface area (Å²) in [5, 5.41) is 5.49. The molecule has 0 saturated carbocycles. The number of nitrogens with one attached hydrogen (secondary N) is 2.